The summed E-state index contributed by atoms with van der Waals surface area (Å²) in [5.41, 5.74) is 7.06. The molecule has 1 unspecified atom stereocenters. The molecule has 0 fully saturated rings. The molecule has 0 aromatic carbocycles. The third kappa shape index (κ3) is 1.55. The number of hydrogen-bond donors (Lipinski definition) is 2. The van der Waals surface area contributed by atoms with Crippen molar-refractivity contribution in [3.8, 4) is 0 Å². The SMILES string of the molecule is Cc1oc(Br)c(C)c1C(O)CN. The Kier molecular flexibility index (Phi) is 2.93. The van der Waals surface area contributed by atoms with Crippen molar-refractivity contribution >= 4 is 15.9 Å². The second kappa shape index (κ2) is 3.60. The van der Waals surface area contributed by atoms with Crippen LogP contribution in [0.1, 0.15) is 23.0 Å². The van der Waals surface area contributed by atoms with Gasteiger partial charge < -0.3 is 15.3 Å². The van der Waals surface area contributed by atoms with Crippen molar-refractivity contribution in [3.63, 3.8) is 0 Å². The molecule has 1 aromatic heterocycles. The van der Waals surface area contributed by atoms with Gasteiger partial charge in [0.1, 0.15) is 5.76 Å². The van der Waals surface area contributed by atoms with E-state index >= 15 is 0 Å². The van der Waals surface area contributed by atoms with Crippen LogP contribution in [0, 0.1) is 13.8 Å². The summed E-state index contributed by atoms with van der Waals surface area (Å²) in [6.07, 6.45) is -0.625. The molecule has 0 aliphatic heterocycles. The van der Waals surface area contributed by atoms with Gasteiger partial charge in [-0.2, -0.15) is 0 Å². The predicted octanol–water partition coefficient (Wildman–Crippen LogP) is 1.65. The summed E-state index contributed by atoms with van der Waals surface area (Å²) in [7, 11) is 0. The average Bonchev–Trinajstić information content (AvgIpc) is 2.26. The normalized spacial score (nSPS) is 13.4. The number of aliphatic hydroxyl groups excluding tert-OH is 1. The highest BCUT2D eigenvalue weighted by Gasteiger charge is 2.17. The van der Waals surface area contributed by atoms with Crippen molar-refractivity contribution in [3.05, 3.63) is 21.6 Å². The molecule has 1 aromatic rings. The smallest absolute Gasteiger partial charge is 0.172 e. The van der Waals surface area contributed by atoms with Gasteiger partial charge in [0.25, 0.3) is 0 Å². The minimum absolute atomic E-state index is 0.216. The molecule has 0 spiro atoms. The van der Waals surface area contributed by atoms with E-state index in [1.165, 1.54) is 0 Å². The van der Waals surface area contributed by atoms with Crippen LogP contribution in [0.25, 0.3) is 0 Å². The molecular formula is C8H12BrNO2. The number of hydrogen-bond acceptors (Lipinski definition) is 3. The Morgan fingerprint density at radius 2 is 2.17 bits per heavy atom. The highest BCUT2D eigenvalue weighted by atomic mass is 79.9. The van der Waals surface area contributed by atoms with E-state index in [0.29, 0.717) is 4.67 Å². The third-order valence-electron chi connectivity index (χ3n) is 1.88. The average molecular weight is 234 g/mol. The Labute approximate surface area is 79.7 Å². The second-order valence-electron chi connectivity index (χ2n) is 2.72. The van der Waals surface area contributed by atoms with Gasteiger partial charge in [0.15, 0.2) is 4.67 Å². The van der Waals surface area contributed by atoms with Crippen LogP contribution >= 0.6 is 15.9 Å². The number of rotatable bonds is 2. The zero-order valence-electron chi connectivity index (χ0n) is 7.10. The van der Waals surface area contributed by atoms with Crippen molar-refractivity contribution in [1.29, 1.82) is 0 Å². The first kappa shape index (κ1) is 9.77. The largest absolute Gasteiger partial charge is 0.454 e. The van der Waals surface area contributed by atoms with Crippen LogP contribution in [-0.2, 0) is 0 Å². The van der Waals surface area contributed by atoms with E-state index in [0.717, 1.165) is 16.9 Å². The van der Waals surface area contributed by atoms with Gasteiger partial charge in [-0.3, -0.25) is 0 Å². The van der Waals surface area contributed by atoms with Crippen molar-refractivity contribution in [1.82, 2.24) is 0 Å². The Morgan fingerprint density at radius 3 is 2.50 bits per heavy atom. The van der Waals surface area contributed by atoms with Gasteiger partial charge in [0.2, 0.25) is 0 Å². The minimum Gasteiger partial charge on any atom is -0.454 e. The lowest BCUT2D eigenvalue weighted by Crippen LogP contribution is -2.12. The van der Waals surface area contributed by atoms with Gasteiger partial charge in [-0.1, -0.05) is 0 Å². The fourth-order valence-electron chi connectivity index (χ4n) is 1.24. The van der Waals surface area contributed by atoms with Gasteiger partial charge >= 0.3 is 0 Å². The van der Waals surface area contributed by atoms with E-state index in [1.807, 2.05) is 13.8 Å². The molecule has 0 aliphatic rings. The first-order chi connectivity index (χ1) is 5.57. The lowest BCUT2D eigenvalue weighted by Gasteiger charge is -2.06. The van der Waals surface area contributed by atoms with E-state index in [1.54, 1.807) is 0 Å². The van der Waals surface area contributed by atoms with Crippen molar-refractivity contribution in [2.24, 2.45) is 5.73 Å². The molecule has 0 bridgehead atoms. The van der Waals surface area contributed by atoms with Crippen LogP contribution in [-0.4, -0.2) is 11.7 Å². The summed E-state index contributed by atoms with van der Waals surface area (Å²) in [6.45, 7) is 3.91. The number of aliphatic hydroxyl groups is 1. The number of halogens is 1. The molecule has 3 nitrogen and oxygen atoms in total. The molecule has 1 atom stereocenters. The van der Waals surface area contributed by atoms with E-state index < -0.39 is 6.10 Å². The van der Waals surface area contributed by atoms with Crippen LogP contribution < -0.4 is 5.73 Å². The first-order valence-electron chi connectivity index (χ1n) is 3.71. The summed E-state index contributed by atoms with van der Waals surface area (Å²) < 4.78 is 5.94. The van der Waals surface area contributed by atoms with Crippen molar-refractivity contribution in [2.75, 3.05) is 6.54 Å². The molecule has 4 heteroatoms. The Hall–Kier alpha value is -0.320. The van der Waals surface area contributed by atoms with E-state index in [2.05, 4.69) is 15.9 Å². The topological polar surface area (TPSA) is 59.4 Å². The molecule has 0 radical (unpaired) electrons. The standard InChI is InChI=1S/C8H12BrNO2/c1-4-7(6(11)3-10)5(2)12-8(4)9/h6,11H,3,10H2,1-2H3. The number of furan rings is 1. The van der Waals surface area contributed by atoms with Crippen molar-refractivity contribution in [2.45, 2.75) is 20.0 Å². The van der Waals surface area contributed by atoms with E-state index in [4.69, 9.17) is 10.2 Å². The maximum Gasteiger partial charge on any atom is 0.172 e. The third-order valence-corrected chi connectivity index (χ3v) is 2.63. The van der Waals surface area contributed by atoms with Crippen LogP contribution in [0.4, 0.5) is 0 Å². The molecule has 3 N–H and O–H groups in total. The zero-order valence-corrected chi connectivity index (χ0v) is 8.68. The summed E-state index contributed by atoms with van der Waals surface area (Å²) in [4.78, 5) is 0. The highest BCUT2D eigenvalue weighted by molar-refractivity contribution is 9.10. The minimum atomic E-state index is -0.625. The number of nitrogens with two attached hydrogens (primary N) is 1. The molecular weight excluding hydrogens is 222 g/mol. The fraction of sp³-hybridized carbons (Fsp3) is 0.500. The molecule has 1 heterocycles. The Morgan fingerprint density at radius 1 is 1.58 bits per heavy atom. The summed E-state index contributed by atoms with van der Waals surface area (Å²) in [5, 5.41) is 9.50. The second-order valence-corrected chi connectivity index (χ2v) is 3.44. The van der Waals surface area contributed by atoms with E-state index in [-0.39, 0.29) is 6.54 Å². The van der Waals surface area contributed by atoms with Crippen LogP contribution in [0.15, 0.2) is 9.09 Å². The summed E-state index contributed by atoms with van der Waals surface area (Å²) in [6, 6.07) is 0. The number of aryl methyl sites for hydroxylation is 1. The zero-order chi connectivity index (χ0) is 9.30. The monoisotopic (exact) mass is 233 g/mol. The molecule has 1 rings (SSSR count). The van der Waals surface area contributed by atoms with E-state index in [9.17, 15) is 5.11 Å². The summed E-state index contributed by atoms with van der Waals surface area (Å²) >= 11 is 3.25. The lowest BCUT2D eigenvalue weighted by molar-refractivity contribution is 0.184. The highest BCUT2D eigenvalue weighted by Crippen LogP contribution is 2.30. The Balaban J connectivity index is 3.13. The van der Waals surface area contributed by atoms with Crippen LogP contribution in [0.3, 0.4) is 0 Å². The molecule has 0 amide bonds. The van der Waals surface area contributed by atoms with Gasteiger partial charge in [-0.25, -0.2) is 0 Å². The quantitative estimate of drug-likeness (QED) is 0.817. The van der Waals surface area contributed by atoms with Crippen LogP contribution in [0.5, 0.6) is 0 Å². The maximum absolute atomic E-state index is 9.50. The van der Waals surface area contributed by atoms with Gasteiger partial charge in [0, 0.05) is 17.7 Å². The summed E-state index contributed by atoms with van der Waals surface area (Å²) in [5.74, 6) is 0.720. The molecule has 0 saturated carbocycles. The van der Waals surface area contributed by atoms with Gasteiger partial charge in [-0.15, -0.1) is 0 Å². The molecule has 68 valence electrons. The lowest BCUT2D eigenvalue weighted by atomic mass is 10.1. The van der Waals surface area contributed by atoms with Gasteiger partial charge in [0.05, 0.1) is 6.10 Å². The first-order valence-corrected chi connectivity index (χ1v) is 4.50. The molecule has 0 aliphatic carbocycles. The predicted molar refractivity (Wildman–Crippen MR) is 49.9 cm³/mol. The Bertz CT molecular complexity index is 283. The molecule has 12 heavy (non-hydrogen) atoms. The van der Waals surface area contributed by atoms with Crippen molar-refractivity contribution < 1.29 is 9.52 Å². The van der Waals surface area contributed by atoms with Crippen LogP contribution in [0.2, 0.25) is 0 Å². The maximum atomic E-state index is 9.50. The molecule has 0 saturated heterocycles. The van der Waals surface area contributed by atoms with Gasteiger partial charge in [-0.05, 0) is 29.8 Å². The fourth-order valence-corrected chi connectivity index (χ4v) is 1.69.